The predicted octanol–water partition coefficient (Wildman–Crippen LogP) is 2.31. The van der Waals surface area contributed by atoms with Gasteiger partial charge in [0, 0.05) is 42.5 Å². The first-order valence-electron chi connectivity index (χ1n) is 9.48. The van der Waals surface area contributed by atoms with Gasteiger partial charge in [0.25, 0.3) is 11.8 Å². The lowest BCUT2D eigenvalue weighted by molar-refractivity contribution is 0.101. The second-order valence-electron chi connectivity index (χ2n) is 7.10. The van der Waals surface area contributed by atoms with E-state index in [1.165, 1.54) is 0 Å². The molecular formula is C21H22N6O2. The lowest BCUT2D eigenvalue weighted by Gasteiger charge is -2.26. The fraction of sp³-hybridized carbons (Fsp3) is 0.238. The van der Waals surface area contributed by atoms with Gasteiger partial charge in [0.1, 0.15) is 0 Å². The second-order valence-corrected chi connectivity index (χ2v) is 7.10. The second kappa shape index (κ2) is 8.24. The minimum absolute atomic E-state index is 0.232. The third-order valence-corrected chi connectivity index (χ3v) is 4.94. The Balaban J connectivity index is 1.45. The molecule has 1 fully saturated rings. The van der Waals surface area contributed by atoms with Crippen molar-refractivity contribution in [2.75, 3.05) is 23.7 Å². The standard InChI is InChI=1S/C21H22N6O2/c1-14-17(20(28)23-16-6-3-2-4-7-16)8-5-9-18(14)24-21(29)19-13-27(26-25-19)12-15-10-22-11-15/h2-9,13,15,22H,10-12H2,1H3,(H,23,28)(H,24,29). The highest BCUT2D eigenvalue weighted by molar-refractivity contribution is 6.08. The van der Waals surface area contributed by atoms with E-state index in [4.69, 9.17) is 0 Å². The van der Waals surface area contributed by atoms with E-state index in [0.29, 0.717) is 28.4 Å². The van der Waals surface area contributed by atoms with Crippen molar-refractivity contribution in [1.82, 2.24) is 20.3 Å². The molecular weight excluding hydrogens is 368 g/mol. The van der Waals surface area contributed by atoms with Crippen molar-refractivity contribution >= 4 is 23.2 Å². The normalized spacial score (nSPS) is 13.6. The summed E-state index contributed by atoms with van der Waals surface area (Å²) in [4.78, 5) is 25.2. The highest BCUT2D eigenvalue weighted by Gasteiger charge is 2.20. The number of carbonyl (C=O) groups is 2. The van der Waals surface area contributed by atoms with Crippen molar-refractivity contribution < 1.29 is 9.59 Å². The highest BCUT2D eigenvalue weighted by Crippen LogP contribution is 2.21. The molecule has 0 unspecified atom stereocenters. The molecule has 8 nitrogen and oxygen atoms in total. The summed E-state index contributed by atoms with van der Waals surface area (Å²) in [6.07, 6.45) is 1.65. The van der Waals surface area contributed by atoms with Crippen LogP contribution in [0.1, 0.15) is 26.4 Å². The first kappa shape index (κ1) is 18.8. The molecule has 3 aromatic rings. The molecule has 148 valence electrons. The number of benzene rings is 2. The van der Waals surface area contributed by atoms with E-state index in [1.54, 1.807) is 36.0 Å². The molecule has 0 atom stereocenters. The molecule has 4 rings (SSSR count). The number of nitrogens with one attached hydrogen (secondary N) is 3. The maximum atomic E-state index is 12.6. The third kappa shape index (κ3) is 4.33. The van der Waals surface area contributed by atoms with Gasteiger partial charge in [-0.1, -0.05) is 29.5 Å². The number of anilines is 2. The Morgan fingerprint density at radius 1 is 1.07 bits per heavy atom. The van der Waals surface area contributed by atoms with Gasteiger partial charge in [0.2, 0.25) is 0 Å². The molecule has 1 saturated heterocycles. The lowest BCUT2D eigenvalue weighted by Crippen LogP contribution is -2.44. The first-order chi connectivity index (χ1) is 14.1. The summed E-state index contributed by atoms with van der Waals surface area (Å²) in [6, 6.07) is 14.5. The molecule has 1 aromatic heterocycles. The largest absolute Gasteiger partial charge is 0.322 e. The van der Waals surface area contributed by atoms with Gasteiger partial charge in [-0.15, -0.1) is 5.10 Å². The first-order valence-corrected chi connectivity index (χ1v) is 9.48. The molecule has 0 radical (unpaired) electrons. The van der Waals surface area contributed by atoms with Crippen molar-refractivity contribution in [3.05, 3.63) is 71.5 Å². The van der Waals surface area contributed by atoms with E-state index in [-0.39, 0.29) is 17.5 Å². The maximum Gasteiger partial charge on any atom is 0.277 e. The summed E-state index contributed by atoms with van der Waals surface area (Å²) in [5, 5.41) is 16.9. The fourth-order valence-corrected chi connectivity index (χ4v) is 3.16. The summed E-state index contributed by atoms with van der Waals surface area (Å²) in [7, 11) is 0. The maximum absolute atomic E-state index is 12.6. The minimum atomic E-state index is -0.355. The SMILES string of the molecule is Cc1c(NC(=O)c2cn(CC3CNC3)nn2)cccc1C(=O)Nc1ccccc1. The summed E-state index contributed by atoms with van der Waals surface area (Å²) in [5.74, 6) is -0.0637. The Kier molecular flexibility index (Phi) is 5.35. The summed E-state index contributed by atoms with van der Waals surface area (Å²) < 4.78 is 1.69. The Morgan fingerprint density at radius 3 is 2.59 bits per heavy atom. The minimum Gasteiger partial charge on any atom is -0.322 e. The average molecular weight is 390 g/mol. The van der Waals surface area contributed by atoms with Crippen LogP contribution in [0.3, 0.4) is 0 Å². The van der Waals surface area contributed by atoms with Gasteiger partial charge in [-0.3, -0.25) is 14.3 Å². The van der Waals surface area contributed by atoms with E-state index < -0.39 is 0 Å². The van der Waals surface area contributed by atoms with Crippen LogP contribution in [0.15, 0.2) is 54.7 Å². The summed E-state index contributed by atoms with van der Waals surface area (Å²) in [5.41, 5.74) is 2.70. The summed E-state index contributed by atoms with van der Waals surface area (Å²) in [6.45, 7) is 4.45. The Hall–Kier alpha value is -3.52. The lowest BCUT2D eigenvalue weighted by atomic mass is 10.0. The molecule has 0 spiro atoms. The quantitative estimate of drug-likeness (QED) is 0.600. The molecule has 0 aliphatic carbocycles. The van der Waals surface area contributed by atoms with Crippen LogP contribution in [0, 0.1) is 12.8 Å². The number of hydrogen-bond donors (Lipinski definition) is 3. The zero-order chi connectivity index (χ0) is 20.2. The molecule has 1 aliphatic heterocycles. The van der Waals surface area contributed by atoms with Gasteiger partial charge >= 0.3 is 0 Å². The van der Waals surface area contributed by atoms with Crippen LogP contribution >= 0.6 is 0 Å². The van der Waals surface area contributed by atoms with Crippen LogP contribution in [0.25, 0.3) is 0 Å². The molecule has 29 heavy (non-hydrogen) atoms. The van der Waals surface area contributed by atoms with Crippen LogP contribution in [0.2, 0.25) is 0 Å². The van der Waals surface area contributed by atoms with Gasteiger partial charge in [-0.2, -0.15) is 0 Å². The van der Waals surface area contributed by atoms with Gasteiger partial charge in [0.15, 0.2) is 5.69 Å². The van der Waals surface area contributed by atoms with E-state index in [1.807, 2.05) is 30.3 Å². The molecule has 2 aromatic carbocycles. The topological polar surface area (TPSA) is 101 Å². The number of hydrogen-bond acceptors (Lipinski definition) is 5. The van der Waals surface area contributed by atoms with E-state index >= 15 is 0 Å². The van der Waals surface area contributed by atoms with Crippen LogP contribution in [-0.4, -0.2) is 39.9 Å². The van der Waals surface area contributed by atoms with E-state index in [0.717, 1.165) is 19.6 Å². The molecule has 3 N–H and O–H groups in total. The van der Waals surface area contributed by atoms with Crippen LogP contribution in [0.5, 0.6) is 0 Å². The van der Waals surface area contributed by atoms with E-state index in [2.05, 4.69) is 26.3 Å². The van der Waals surface area contributed by atoms with Crippen LogP contribution in [-0.2, 0) is 6.54 Å². The number of nitrogens with zero attached hydrogens (tertiary/aromatic N) is 3. The Labute approximate surface area is 168 Å². The van der Waals surface area contributed by atoms with Gasteiger partial charge in [-0.05, 0) is 36.8 Å². The van der Waals surface area contributed by atoms with Crippen LogP contribution < -0.4 is 16.0 Å². The van der Waals surface area contributed by atoms with Crippen molar-refractivity contribution in [2.45, 2.75) is 13.5 Å². The number of amides is 2. The van der Waals surface area contributed by atoms with Crippen molar-refractivity contribution in [3.8, 4) is 0 Å². The molecule has 8 heteroatoms. The van der Waals surface area contributed by atoms with Crippen molar-refractivity contribution in [1.29, 1.82) is 0 Å². The van der Waals surface area contributed by atoms with Crippen molar-refractivity contribution in [3.63, 3.8) is 0 Å². The molecule has 2 heterocycles. The molecule has 0 saturated carbocycles. The monoisotopic (exact) mass is 390 g/mol. The number of aromatic nitrogens is 3. The zero-order valence-electron chi connectivity index (χ0n) is 16.1. The van der Waals surface area contributed by atoms with Gasteiger partial charge in [-0.25, -0.2) is 0 Å². The molecule has 2 amide bonds. The zero-order valence-corrected chi connectivity index (χ0v) is 16.1. The van der Waals surface area contributed by atoms with Gasteiger partial charge in [0.05, 0.1) is 6.20 Å². The summed E-state index contributed by atoms with van der Waals surface area (Å²) >= 11 is 0. The molecule has 1 aliphatic rings. The van der Waals surface area contributed by atoms with E-state index in [9.17, 15) is 9.59 Å². The number of rotatable bonds is 6. The highest BCUT2D eigenvalue weighted by atomic mass is 16.2. The predicted molar refractivity (Wildman–Crippen MR) is 110 cm³/mol. The number of carbonyl (C=O) groups excluding carboxylic acids is 2. The fourth-order valence-electron chi connectivity index (χ4n) is 3.16. The average Bonchev–Trinajstić information content (AvgIpc) is 3.16. The Morgan fingerprint density at radius 2 is 1.86 bits per heavy atom. The van der Waals surface area contributed by atoms with Crippen molar-refractivity contribution in [2.24, 2.45) is 5.92 Å². The smallest absolute Gasteiger partial charge is 0.277 e. The molecule has 0 bridgehead atoms. The van der Waals surface area contributed by atoms with Gasteiger partial charge < -0.3 is 16.0 Å². The van der Waals surface area contributed by atoms with Crippen LogP contribution in [0.4, 0.5) is 11.4 Å². The number of para-hydroxylation sites is 1. The third-order valence-electron chi connectivity index (χ3n) is 4.94. The Bertz CT molecular complexity index is 1030.